The molecule has 2 fully saturated rings. The Hall–Kier alpha value is -2.90. The van der Waals surface area contributed by atoms with Gasteiger partial charge in [0.25, 0.3) is 5.91 Å². The molecule has 1 aromatic carbocycles. The molecule has 26 heavy (non-hydrogen) atoms. The number of benzene rings is 1. The molecule has 2 heterocycles. The zero-order valence-corrected chi connectivity index (χ0v) is 14.7. The van der Waals surface area contributed by atoms with Gasteiger partial charge in [-0.1, -0.05) is 6.07 Å². The fourth-order valence-corrected chi connectivity index (χ4v) is 3.68. The maximum absolute atomic E-state index is 12.9. The summed E-state index contributed by atoms with van der Waals surface area (Å²) in [6.07, 6.45) is 0.887. The first-order chi connectivity index (χ1) is 12.4. The fraction of sp³-hybridized carbons (Fsp3) is 0.444. The van der Waals surface area contributed by atoms with E-state index in [4.69, 9.17) is 5.11 Å². The highest BCUT2D eigenvalue weighted by molar-refractivity contribution is 6.22. The van der Waals surface area contributed by atoms with Crippen LogP contribution in [0.15, 0.2) is 24.3 Å². The number of carboxylic acid groups (broad SMARTS) is 1. The molecule has 2 unspecified atom stereocenters. The monoisotopic (exact) mass is 359 g/mol. The Labute approximate surface area is 151 Å². The minimum atomic E-state index is -1.14. The van der Waals surface area contributed by atoms with Crippen LogP contribution >= 0.6 is 0 Å². The molecule has 2 saturated heterocycles. The van der Waals surface area contributed by atoms with Gasteiger partial charge < -0.3 is 10.0 Å². The number of anilines is 1. The summed E-state index contributed by atoms with van der Waals surface area (Å²) < 4.78 is 0. The van der Waals surface area contributed by atoms with Gasteiger partial charge in [0, 0.05) is 13.1 Å². The lowest BCUT2D eigenvalue weighted by Gasteiger charge is -2.28. The van der Waals surface area contributed by atoms with Crippen LogP contribution in [0.2, 0.25) is 0 Å². The van der Waals surface area contributed by atoms with E-state index in [0.29, 0.717) is 25.9 Å². The summed E-state index contributed by atoms with van der Waals surface area (Å²) in [5, 5.41) is 9.13. The number of likely N-dealkylation sites (N-methyl/N-ethyl adjacent to an activating group) is 1. The number of hydrogen-bond donors (Lipinski definition) is 1. The molecule has 0 aliphatic carbocycles. The highest BCUT2D eigenvalue weighted by atomic mass is 16.4. The van der Waals surface area contributed by atoms with Crippen molar-refractivity contribution in [3.63, 3.8) is 0 Å². The molecule has 1 aromatic rings. The van der Waals surface area contributed by atoms with Crippen molar-refractivity contribution in [2.75, 3.05) is 18.0 Å². The number of nitrogens with zero attached hydrogens (tertiary/aromatic N) is 3. The van der Waals surface area contributed by atoms with Crippen molar-refractivity contribution in [2.45, 2.75) is 38.8 Å². The molecule has 0 aromatic heterocycles. The average Bonchev–Trinajstić information content (AvgIpc) is 3.16. The van der Waals surface area contributed by atoms with Gasteiger partial charge in [-0.2, -0.15) is 0 Å². The molecule has 1 N–H and O–H groups in total. The maximum Gasteiger partial charge on any atom is 0.335 e. The third-order valence-electron chi connectivity index (χ3n) is 5.01. The summed E-state index contributed by atoms with van der Waals surface area (Å²) in [4.78, 5) is 53.5. The Kier molecular flexibility index (Phi) is 4.67. The van der Waals surface area contributed by atoms with Crippen molar-refractivity contribution < 1.29 is 24.3 Å². The molecule has 8 nitrogen and oxygen atoms in total. The lowest BCUT2D eigenvalue weighted by molar-refractivity contribution is -0.135. The number of carbonyl (C=O) groups is 4. The van der Waals surface area contributed by atoms with Gasteiger partial charge in [0.2, 0.25) is 5.91 Å². The number of amides is 4. The molecular weight excluding hydrogens is 338 g/mol. The van der Waals surface area contributed by atoms with Crippen molar-refractivity contribution in [3.8, 4) is 0 Å². The zero-order chi connectivity index (χ0) is 19.0. The molecule has 0 bridgehead atoms. The Balaban J connectivity index is 1.91. The van der Waals surface area contributed by atoms with Crippen molar-refractivity contribution in [3.05, 3.63) is 29.8 Å². The van der Waals surface area contributed by atoms with E-state index in [9.17, 15) is 19.2 Å². The third kappa shape index (κ3) is 2.71. The number of hydrogen-bond acceptors (Lipinski definition) is 4. The lowest BCUT2D eigenvalue weighted by Crippen LogP contribution is -2.48. The minimum absolute atomic E-state index is 0.00840. The first-order valence-corrected chi connectivity index (χ1v) is 8.69. The molecule has 0 saturated carbocycles. The van der Waals surface area contributed by atoms with Gasteiger partial charge in [-0.3, -0.25) is 14.5 Å². The van der Waals surface area contributed by atoms with E-state index >= 15 is 0 Å². The van der Waals surface area contributed by atoms with Gasteiger partial charge in [-0.25, -0.2) is 14.5 Å². The largest absolute Gasteiger partial charge is 0.478 e. The fourth-order valence-electron chi connectivity index (χ4n) is 3.68. The number of urea groups is 1. The number of carboxylic acids is 1. The first-order valence-electron chi connectivity index (χ1n) is 8.69. The number of fused-ring (bicyclic) bond motifs is 1. The van der Waals surface area contributed by atoms with E-state index in [0.717, 1.165) is 4.90 Å². The summed E-state index contributed by atoms with van der Waals surface area (Å²) in [5.74, 6) is -1.70. The number of aromatic carboxylic acids is 1. The molecule has 0 spiro atoms. The van der Waals surface area contributed by atoms with Gasteiger partial charge >= 0.3 is 12.0 Å². The summed E-state index contributed by atoms with van der Waals surface area (Å²) in [7, 11) is 0. The van der Waals surface area contributed by atoms with Crippen molar-refractivity contribution in [1.29, 1.82) is 0 Å². The second-order valence-electron chi connectivity index (χ2n) is 6.34. The van der Waals surface area contributed by atoms with E-state index in [1.165, 1.54) is 29.2 Å². The molecule has 138 valence electrons. The second kappa shape index (κ2) is 6.78. The molecular formula is C18H21N3O5. The lowest BCUT2D eigenvalue weighted by atomic mass is 10.1. The predicted octanol–water partition coefficient (Wildman–Crippen LogP) is 1.55. The standard InChI is InChI=1S/C18H21N3O5/c1-3-19(4-2)15(22)13-8-9-14-16(23)20(18(26)21(13)14)12-7-5-6-11(10-12)17(24)25/h5-7,10,13-14H,3-4,8-9H2,1-2H3,(H,24,25). The van der Waals surface area contributed by atoms with Gasteiger partial charge in [-0.05, 0) is 44.9 Å². The maximum atomic E-state index is 12.9. The van der Waals surface area contributed by atoms with Crippen LogP contribution in [-0.2, 0) is 9.59 Å². The number of imide groups is 1. The Morgan fingerprint density at radius 3 is 2.50 bits per heavy atom. The topological polar surface area (TPSA) is 98.2 Å². The second-order valence-corrected chi connectivity index (χ2v) is 6.34. The van der Waals surface area contributed by atoms with Crippen molar-refractivity contribution >= 4 is 29.5 Å². The molecule has 2 aliphatic heterocycles. The quantitative estimate of drug-likeness (QED) is 0.805. The van der Waals surface area contributed by atoms with Gasteiger partial charge in [-0.15, -0.1) is 0 Å². The Morgan fingerprint density at radius 1 is 1.19 bits per heavy atom. The smallest absolute Gasteiger partial charge is 0.335 e. The number of carbonyl (C=O) groups excluding carboxylic acids is 3. The van der Waals surface area contributed by atoms with E-state index in [2.05, 4.69) is 0 Å². The molecule has 2 atom stereocenters. The summed E-state index contributed by atoms with van der Waals surface area (Å²) in [5.41, 5.74) is 0.203. The SMILES string of the molecule is CCN(CC)C(=O)C1CCC2C(=O)N(c3cccc(C(=O)O)c3)C(=O)N12. The highest BCUT2D eigenvalue weighted by Crippen LogP contribution is 2.36. The Morgan fingerprint density at radius 2 is 1.88 bits per heavy atom. The minimum Gasteiger partial charge on any atom is -0.478 e. The van der Waals surface area contributed by atoms with Gasteiger partial charge in [0.15, 0.2) is 0 Å². The van der Waals surface area contributed by atoms with E-state index in [1.54, 1.807) is 4.90 Å². The van der Waals surface area contributed by atoms with E-state index < -0.39 is 30.0 Å². The van der Waals surface area contributed by atoms with Crippen LogP contribution in [0.1, 0.15) is 37.0 Å². The van der Waals surface area contributed by atoms with Crippen molar-refractivity contribution in [1.82, 2.24) is 9.80 Å². The predicted molar refractivity (Wildman–Crippen MR) is 92.9 cm³/mol. The number of rotatable bonds is 5. The van der Waals surface area contributed by atoms with Crippen molar-refractivity contribution in [2.24, 2.45) is 0 Å². The van der Waals surface area contributed by atoms with Gasteiger partial charge in [0.1, 0.15) is 12.1 Å². The van der Waals surface area contributed by atoms with Crippen LogP contribution in [0, 0.1) is 0 Å². The normalized spacial score (nSPS) is 21.9. The summed E-state index contributed by atoms with van der Waals surface area (Å²) >= 11 is 0. The first kappa shape index (κ1) is 17.9. The third-order valence-corrected chi connectivity index (χ3v) is 5.01. The van der Waals surface area contributed by atoms with Crippen LogP contribution in [0.4, 0.5) is 10.5 Å². The molecule has 0 radical (unpaired) electrons. The van der Waals surface area contributed by atoms with Crippen LogP contribution in [0.3, 0.4) is 0 Å². The van der Waals surface area contributed by atoms with E-state index in [1.807, 2.05) is 13.8 Å². The molecule has 2 aliphatic rings. The summed E-state index contributed by atoms with van der Waals surface area (Å²) in [6, 6.07) is 3.81. The van der Waals surface area contributed by atoms with E-state index in [-0.39, 0.29) is 17.2 Å². The highest BCUT2D eigenvalue weighted by Gasteiger charge is 2.54. The van der Waals surface area contributed by atoms with Crippen LogP contribution in [0.25, 0.3) is 0 Å². The van der Waals surface area contributed by atoms with Crippen LogP contribution in [0.5, 0.6) is 0 Å². The van der Waals surface area contributed by atoms with Gasteiger partial charge in [0.05, 0.1) is 11.3 Å². The molecule has 3 rings (SSSR count). The van der Waals surface area contributed by atoms with Crippen LogP contribution in [-0.4, -0.2) is 63.9 Å². The molecule has 4 amide bonds. The summed E-state index contributed by atoms with van der Waals surface area (Å²) in [6.45, 7) is 4.82. The average molecular weight is 359 g/mol. The van der Waals surface area contributed by atoms with Crippen LogP contribution < -0.4 is 4.90 Å². The zero-order valence-electron chi connectivity index (χ0n) is 14.7. The molecule has 8 heteroatoms. The Bertz CT molecular complexity index is 774.